The van der Waals surface area contributed by atoms with E-state index in [1.54, 1.807) is 6.92 Å². The minimum absolute atomic E-state index is 0.0162. The largest absolute Gasteiger partial charge is 0.493 e. The maximum absolute atomic E-state index is 11.9. The number of rotatable bonds is 11. The molecule has 1 aromatic rings. The second kappa shape index (κ2) is 10.9. The molecule has 0 radical (unpaired) electrons. The molecule has 0 spiro atoms. The lowest BCUT2D eigenvalue weighted by atomic mass is 10.1. The Morgan fingerprint density at radius 2 is 1.93 bits per heavy atom. The van der Waals surface area contributed by atoms with Gasteiger partial charge in [0.05, 0.1) is 29.8 Å². The van der Waals surface area contributed by atoms with Crippen LogP contribution in [0.4, 0.5) is 5.69 Å². The summed E-state index contributed by atoms with van der Waals surface area (Å²) in [5, 5.41) is 26.1. The van der Waals surface area contributed by atoms with E-state index in [9.17, 15) is 24.8 Å². The molecule has 0 heterocycles. The molecule has 0 aromatic heterocycles. The second-order valence-electron chi connectivity index (χ2n) is 6.02. The predicted octanol–water partition coefficient (Wildman–Crippen LogP) is 1.23. The lowest BCUT2D eigenvalue weighted by molar-refractivity contribution is -0.386. The number of nitrogens with zero attached hydrogens (tertiary/aromatic N) is 1. The lowest BCUT2D eigenvalue weighted by Crippen LogP contribution is -2.32. The number of aliphatic hydroxyl groups is 1. The van der Waals surface area contributed by atoms with E-state index in [-0.39, 0.29) is 35.3 Å². The highest BCUT2D eigenvalue weighted by Gasteiger charge is 2.23. The van der Waals surface area contributed by atoms with Crippen LogP contribution in [-0.4, -0.2) is 48.7 Å². The molecule has 1 atom stereocenters. The normalized spacial score (nSPS) is 11.3. The van der Waals surface area contributed by atoms with Crippen molar-refractivity contribution in [1.29, 1.82) is 0 Å². The third-order valence-electron chi connectivity index (χ3n) is 3.67. The van der Waals surface area contributed by atoms with Gasteiger partial charge >= 0.3 is 0 Å². The molecule has 1 unspecified atom stereocenters. The fraction of sp³-hybridized carbons (Fsp3) is 0.444. The Hall–Kier alpha value is -3.14. The molecule has 0 aliphatic heterocycles. The van der Waals surface area contributed by atoms with Crippen LogP contribution in [0.5, 0.6) is 11.5 Å². The molecular weight excluding hydrogens is 370 g/mol. The first-order valence-corrected chi connectivity index (χ1v) is 8.55. The number of amides is 2. The monoisotopic (exact) mass is 395 g/mol. The van der Waals surface area contributed by atoms with Crippen molar-refractivity contribution < 1.29 is 29.1 Å². The van der Waals surface area contributed by atoms with Gasteiger partial charge in [-0.25, -0.2) is 0 Å². The average Bonchev–Trinajstić information content (AvgIpc) is 2.64. The highest BCUT2D eigenvalue weighted by molar-refractivity contribution is 5.92. The minimum atomic E-state index is -1.07. The third-order valence-corrected chi connectivity index (χ3v) is 3.67. The van der Waals surface area contributed by atoms with Crippen molar-refractivity contribution in [1.82, 2.24) is 10.6 Å². The van der Waals surface area contributed by atoms with Crippen molar-refractivity contribution in [3.05, 3.63) is 40.0 Å². The highest BCUT2D eigenvalue weighted by Crippen LogP contribution is 2.37. The van der Waals surface area contributed by atoms with Crippen LogP contribution in [0.1, 0.15) is 31.9 Å². The van der Waals surface area contributed by atoms with Gasteiger partial charge in [-0.05, 0) is 26.3 Å². The fourth-order valence-electron chi connectivity index (χ4n) is 2.19. The number of nitrogens with one attached hydrogen (secondary N) is 2. The molecule has 1 aromatic carbocycles. The van der Waals surface area contributed by atoms with Crippen molar-refractivity contribution >= 4 is 17.5 Å². The van der Waals surface area contributed by atoms with Crippen LogP contribution in [0, 0.1) is 10.1 Å². The van der Waals surface area contributed by atoms with Gasteiger partial charge in [-0.2, -0.15) is 0 Å². The number of carbonyl (C=O) groups is 2. The van der Waals surface area contributed by atoms with Crippen molar-refractivity contribution in [3.63, 3.8) is 0 Å². The van der Waals surface area contributed by atoms with Crippen LogP contribution in [0.15, 0.2) is 24.3 Å². The maximum atomic E-state index is 11.9. The summed E-state index contributed by atoms with van der Waals surface area (Å²) in [6, 6.07) is 2.42. The third kappa shape index (κ3) is 6.88. The number of ether oxygens (including phenoxy) is 2. The first-order valence-electron chi connectivity index (χ1n) is 8.55. The molecule has 0 saturated carbocycles. The van der Waals surface area contributed by atoms with E-state index in [1.165, 1.54) is 20.1 Å². The summed E-state index contributed by atoms with van der Waals surface area (Å²) in [6.45, 7) is 6.84. The summed E-state index contributed by atoms with van der Waals surface area (Å²) in [4.78, 5) is 33.7. The smallest absolute Gasteiger partial charge is 0.279 e. The summed E-state index contributed by atoms with van der Waals surface area (Å²) in [7, 11) is 1.35. The second-order valence-corrected chi connectivity index (χ2v) is 6.02. The van der Waals surface area contributed by atoms with Gasteiger partial charge in [0.2, 0.25) is 5.91 Å². The number of nitro benzene ring substituents is 1. The summed E-state index contributed by atoms with van der Waals surface area (Å²) in [5.74, 6) is -0.501. The van der Waals surface area contributed by atoms with Crippen LogP contribution in [0.3, 0.4) is 0 Å². The Morgan fingerprint density at radius 3 is 2.46 bits per heavy atom. The first-order chi connectivity index (χ1) is 13.2. The van der Waals surface area contributed by atoms with Crippen LogP contribution in [0.2, 0.25) is 0 Å². The summed E-state index contributed by atoms with van der Waals surface area (Å²) in [6.07, 6.45) is -0.556. The van der Waals surface area contributed by atoms with E-state index in [4.69, 9.17) is 9.47 Å². The number of nitro groups is 1. The number of hydrogen-bond acceptors (Lipinski definition) is 7. The number of aliphatic hydroxyl groups excluding tert-OH is 1. The van der Waals surface area contributed by atoms with Gasteiger partial charge < -0.3 is 25.2 Å². The van der Waals surface area contributed by atoms with E-state index < -0.39 is 16.9 Å². The summed E-state index contributed by atoms with van der Waals surface area (Å²) >= 11 is 0. The molecule has 0 saturated heterocycles. The standard InChI is InChI=1S/C18H25N3O7/c1-11(2)18(24)20-7-5-6-19-17(23)10-28-16-9-14(21(25)26)13(12(3)22)8-15(16)27-4/h8-9,12,22H,1,5-7,10H2,2-4H3,(H,19,23)(H,20,24). The van der Waals surface area contributed by atoms with Crippen molar-refractivity contribution in [3.8, 4) is 11.5 Å². The average molecular weight is 395 g/mol. The number of benzene rings is 1. The fourth-order valence-corrected chi connectivity index (χ4v) is 2.19. The first kappa shape index (κ1) is 22.9. The predicted molar refractivity (Wildman–Crippen MR) is 101 cm³/mol. The molecule has 154 valence electrons. The number of carbonyl (C=O) groups excluding carboxylic acids is 2. The van der Waals surface area contributed by atoms with E-state index in [2.05, 4.69) is 17.2 Å². The van der Waals surface area contributed by atoms with Gasteiger partial charge in [0.25, 0.3) is 11.6 Å². The Balaban J connectivity index is 2.60. The van der Waals surface area contributed by atoms with E-state index in [0.717, 1.165) is 6.07 Å². The Kier molecular flexibility index (Phi) is 8.89. The zero-order chi connectivity index (χ0) is 21.3. The van der Waals surface area contributed by atoms with E-state index >= 15 is 0 Å². The zero-order valence-corrected chi connectivity index (χ0v) is 16.1. The quantitative estimate of drug-likeness (QED) is 0.222. The molecule has 3 N–H and O–H groups in total. The SMILES string of the molecule is C=C(C)C(=O)NCCCNC(=O)COc1cc([N+](=O)[O-])c(C(C)O)cc1OC. The molecule has 0 bridgehead atoms. The lowest BCUT2D eigenvalue weighted by Gasteiger charge is -2.14. The Bertz CT molecular complexity index is 747. The molecular formula is C18H25N3O7. The molecule has 1 rings (SSSR count). The van der Waals surface area contributed by atoms with Crippen LogP contribution in [-0.2, 0) is 9.59 Å². The molecule has 0 aliphatic carbocycles. The summed E-state index contributed by atoms with van der Waals surface area (Å²) < 4.78 is 10.5. The molecule has 10 heteroatoms. The van der Waals surface area contributed by atoms with Gasteiger partial charge in [-0.1, -0.05) is 6.58 Å². The van der Waals surface area contributed by atoms with Crippen molar-refractivity contribution in [2.45, 2.75) is 26.4 Å². The van der Waals surface area contributed by atoms with Gasteiger partial charge in [0.1, 0.15) is 0 Å². The molecule has 28 heavy (non-hydrogen) atoms. The number of methoxy groups -OCH3 is 1. The molecule has 2 amide bonds. The van der Waals surface area contributed by atoms with Crippen LogP contribution >= 0.6 is 0 Å². The van der Waals surface area contributed by atoms with E-state index in [0.29, 0.717) is 25.1 Å². The van der Waals surface area contributed by atoms with Gasteiger partial charge in [-0.15, -0.1) is 0 Å². The Labute approximate surface area is 162 Å². The summed E-state index contributed by atoms with van der Waals surface area (Å²) in [5.41, 5.74) is 0.150. The highest BCUT2D eigenvalue weighted by atomic mass is 16.6. The van der Waals surface area contributed by atoms with Crippen LogP contribution < -0.4 is 20.1 Å². The van der Waals surface area contributed by atoms with Crippen LogP contribution in [0.25, 0.3) is 0 Å². The number of hydrogen-bond donors (Lipinski definition) is 3. The Morgan fingerprint density at radius 1 is 1.29 bits per heavy atom. The van der Waals surface area contributed by atoms with Gasteiger partial charge in [-0.3, -0.25) is 19.7 Å². The zero-order valence-electron chi connectivity index (χ0n) is 16.1. The van der Waals surface area contributed by atoms with E-state index in [1.807, 2.05) is 0 Å². The van der Waals surface area contributed by atoms with Crippen molar-refractivity contribution in [2.24, 2.45) is 0 Å². The van der Waals surface area contributed by atoms with Gasteiger partial charge in [0, 0.05) is 18.7 Å². The molecule has 0 fully saturated rings. The van der Waals surface area contributed by atoms with Crippen molar-refractivity contribution in [2.75, 3.05) is 26.8 Å². The molecule has 0 aliphatic rings. The van der Waals surface area contributed by atoms with Gasteiger partial charge in [0.15, 0.2) is 18.1 Å². The molecule has 10 nitrogen and oxygen atoms in total. The maximum Gasteiger partial charge on any atom is 0.279 e. The minimum Gasteiger partial charge on any atom is -0.493 e. The topological polar surface area (TPSA) is 140 Å².